The van der Waals surface area contributed by atoms with Crippen LogP contribution in [0.2, 0.25) is 5.02 Å². The van der Waals surface area contributed by atoms with Crippen molar-refractivity contribution in [1.29, 1.82) is 0 Å². The number of amides is 1. The van der Waals surface area contributed by atoms with Crippen LogP contribution in [0.5, 0.6) is 0 Å². The van der Waals surface area contributed by atoms with Gasteiger partial charge in [-0.15, -0.1) is 0 Å². The zero-order valence-electron chi connectivity index (χ0n) is 14.1. The van der Waals surface area contributed by atoms with Gasteiger partial charge in [-0.25, -0.2) is 12.8 Å². The molecule has 1 aliphatic rings. The normalized spacial score (nSPS) is 14.5. The first kappa shape index (κ1) is 18.8. The van der Waals surface area contributed by atoms with Crippen LogP contribution in [0.25, 0.3) is 0 Å². The highest BCUT2D eigenvalue weighted by Gasteiger charge is 2.38. The van der Waals surface area contributed by atoms with Crippen molar-refractivity contribution in [2.24, 2.45) is 0 Å². The van der Waals surface area contributed by atoms with Gasteiger partial charge in [0.2, 0.25) is 10.0 Å². The molecule has 0 spiro atoms. The maximum atomic E-state index is 13.4. The standard InChI is InChI=1S/C18H18ClFN2O3S/c1-21-18(23)13-4-2-12(3-5-13)11-22(14-6-7-14)26(24,25)15-8-9-17(20)16(19)10-15/h2-5,8-10,14H,6-7,11H2,1H3,(H,21,23). The van der Waals surface area contributed by atoms with E-state index in [-0.39, 0.29) is 28.4 Å². The maximum Gasteiger partial charge on any atom is 0.251 e. The minimum absolute atomic E-state index is 0.0298. The van der Waals surface area contributed by atoms with Crippen LogP contribution in [0.1, 0.15) is 28.8 Å². The molecule has 26 heavy (non-hydrogen) atoms. The number of halogens is 2. The zero-order chi connectivity index (χ0) is 18.9. The number of carbonyl (C=O) groups is 1. The molecule has 0 saturated heterocycles. The highest BCUT2D eigenvalue weighted by Crippen LogP contribution is 2.34. The molecule has 1 fully saturated rings. The molecule has 0 heterocycles. The van der Waals surface area contributed by atoms with Gasteiger partial charge in [0.1, 0.15) is 5.82 Å². The fraction of sp³-hybridized carbons (Fsp3) is 0.278. The van der Waals surface area contributed by atoms with Crippen molar-refractivity contribution in [1.82, 2.24) is 9.62 Å². The lowest BCUT2D eigenvalue weighted by atomic mass is 10.1. The van der Waals surface area contributed by atoms with Crippen LogP contribution < -0.4 is 5.32 Å². The molecule has 8 heteroatoms. The predicted octanol–water partition coefficient (Wildman–Crippen LogP) is 3.19. The molecule has 0 aliphatic heterocycles. The van der Waals surface area contributed by atoms with Crippen LogP contribution in [-0.2, 0) is 16.6 Å². The fourth-order valence-corrected chi connectivity index (χ4v) is 4.58. The first-order valence-corrected chi connectivity index (χ1v) is 9.92. The molecule has 1 amide bonds. The second-order valence-corrected chi connectivity index (χ2v) is 8.43. The lowest BCUT2D eigenvalue weighted by Gasteiger charge is -2.22. The van der Waals surface area contributed by atoms with Gasteiger partial charge >= 0.3 is 0 Å². The van der Waals surface area contributed by atoms with Gasteiger partial charge in [-0.2, -0.15) is 4.31 Å². The lowest BCUT2D eigenvalue weighted by Crippen LogP contribution is -2.32. The van der Waals surface area contributed by atoms with Crippen molar-refractivity contribution >= 4 is 27.5 Å². The van der Waals surface area contributed by atoms with E-state index in [0.717, 1.165) is 30.5 Å². The van der Waals surface area contributed by atoms with E-state index in [4.69, 9.17) is 11.6 Å². The topological polar surface area (TPSA) is 66.5 Å². The Morgan fingerprint density at radius 3 is 2.42 bits per heavy atom. The third-order valence-corrected chi connectivity index (χ3v) is 6.42. The molecule has 2 aromatic rings. The van der Waals surface area contributed by atoms with Crippen LogP contribution >= 0.6 is 11.6 Å². The smallest absolute Gasteiger partial charge is 0.251 e. The summed E-state index contributed by atoms with van der Waals surface area (Å²) in [5.74, 6) is -0.863. The SMILES string of the molecule is CNC(=O)c1ccc(CN(C2CC2)S(=O)(=O)c2ccc(F)c(Cl)c2)cc1. The van der Waals surface area contributed by atoms with E-state index >= 15 is 0 Å². The van der Waals surface area contributed by atoms with E-state index in [0.29, 0.717) is 5.56 Å². The summed E-state index contributed by atoms with van der Waals surface area (Å²) in [4.78, 5) is 11.6. The quantitative estimate of drug-likeness (QED) is 0.815. The molecule has 138 valence electrons. The predicted molar refractivity (Wildman–Crippen MR) is 97.0 cm³/mol. The second kappa shape index (κ2) is 7.34. The zero-order valence-corrected chi connectivity index (χ0v) is 15.6. The largest absolute Gasteiger partial charge is 0.355 e. The Morgan fingerprint density at radius 1 is 1.23 bits per heavy atom. The van der Waals surface area contributed by atoms with E-state index < -0.39 is 15.8 Å². The van der Waals surface area contributed by atoms with E-state index in [1.807, 2.05) is 0 Å². The van der Waals surface area contributed by atoms with E-state index in [9.17, 15) is 17.6 Å². The van der Waals surface area contributed by atoms with Gasteiger partial charge in [-0.1, -0.05) is 23.7 Å². The van der Waals surface area contributed by atoms with E-state index in [1.54, 1.807) is 31.3 Å². The molecular formula is C18H18ClFN2O3S. The molecule has 0 radical (unpaired) electrons. The number of benzene rings is 2. The average molecular weight is 397 g/mol. The van der Waals surface area contributed by atoms with Gasteiger partial charge < -0.3 is 5.32 Å². The summed E-state index contributed by atoms with van der Waals surface area (Å²) in [5, 5.41) is 2.31. The van der Waals surface area contributed by atoms with Gasteiger partial charge in [0, 0.05) is 25.2 Å². The summed E-state index contributed by atoms with van der Waals surface area (Å²) in [6.07, 6.45) is 1.56. The Bertz CT molecular complexity index is 928. The Labute approximate surface area is 156 Å². The third-order valence-electron chi connectivity index (χ3n) is 4.23. The molecule has 5 nitrogen and oxygen atoms in total. The first-order valence-electron chi connectivity index (χ1n) is 8.11. The highest BCUT2D eigenvalue weighted by atomic mass is 35.5. The van der Waals surface area contributed by atoms with Crippen molar-refractivity contribution in [3.63, 3.8) is 0 Å². The Hall–Kier alpha value is -1.96. The van der Waals surface area contributed by atoms with Gasteiger partial charge in [0.15, 0.2) is 0 Å². The summed E-state index contributed by atoms with van der Waals surface area (Å²) >= 11 is 5.74. The second-order valence-electron chi connectivity index (χ2n) is 6.13. The molecule has 2 aromatic carbocycles. The summed E-state index contributed by atoms with van der Waals surface area (Å²) in [6.45, 7) is 0.177. The monoisotopic (exact) mass is 396 g/mol. The molecule has 3 rings (SSSR count). The molecular weight excluding hydrogens is 379 g/mol. The number of carbonyl (C=O) groups excluding carboxylic acids is 1. The summed E-state index contributed by atoms with van der Waals surface area (Å²) < 4.78 is 40.7. The number of nitrogens with one attached hydrogen (secondary N) is 1. The Balaban J connectivity index is 1.87. The summed E-state index contributed by atoms with van der Waals surface area (Å²) in [6, 6.07) is 10.1. The van der Waals surface area contributed by atoms with Crippen LogP contribution in [0, 0.1) is 5.82 Å². The summed E-state index contributed by atoms with van der Waals surface area (Å²) in [5.41, 5.74) is 1.27. The van der Waals surface area contributed by atoms with Crippen LogP contribution in [0.15, 0.2) is 47.4 Å². The summed E-state index contributed by atoms with van der Waals surface area (Å²) in [7, 11) is -2.26. The molecule has 0 unspecified atom stereocenters. The van der Waals surface area contributed by atoms with Crippen LogP contribution in [-0.4, -0.2) is 31.7 Å². The number of rotatable bonds is 6. The molecule has 1 aliphatic carbocycles. The molecule has 0 bridgehead atoms. The third kappa shape index (κ3) is 3.90. The molecule has 0 atom stereocenters. The first-order chi connectivity index (χ1) is 12.3. The highest BCUT2D eigenvalue weighted by molar-refractivity contribution is 7.89. The number of nitrogens with zero attached hydrogens (tertiary/aromatic N) is 1. The van der Waals surface area contributed by atoms with Gasteiger partial charge in [-0.3, -0.25) is 4.79 Å². The minimum atomic E-state index is -3.80. The average Bonchev–Trinajstić information content (AvgIpc) is 3.46. The molecule has 0 aromatic heterocycles. The van der Waals surface area contributed by atoms with Crippen LogP contribution in [0.3, 0.4) is 0 Å². The Morgan fingerprint density at radius 2 is 1.88 bits per heavy atom. The van der Waals surface area contributed by atoms with Crippen molar-refractivity contribution in [3.8, 4) is 0 Å². The minimum Gasteiger partial charge on any atom is -0.355 e. The van der Waals surface area contributed by atoms with Crippen LogP contribution in [0.4, 0.5) is 4.39 Å². The van der Waals surface area contributed by atoms with E-state index in [1.165, 1.54) is 10.4 Å². The number of hydrogen-bond donors (Lipinski definition) is 1. The maximum absolute atomic E-state index is 13.4. The van der Waals surface area contributed by atoms with Crippen molar-refractivity contribution < 1.29 is 17.6 Å². The van der Waals surface area contributed by atoms with Gasteiger partial charge in [-0.05, 0) is 48.7 Å². The number of hydrogen-bond acceptors (Lipinski definition) is 3. The van der Waals surface area contributed by atoms with Gasteiger partial charge in [0.05, 0.1) is 9.92 Å². The van der Waals surface area contributed by atoms with Gasteiger partial charge in [0.25, 0.3) is 5.91 Å². The van der Waals surface area contributed by atoms with Crippen molar-refractivity contribution in [3.05, 3.63) is 64.4 Å². The molecule has 1 N–H and O–H groups in total. The van der Waals surface area contributed by atoms with E-state index in [2.05, 4.69) is 5.32 Å². The van der Waals surface area contributed by atoms with Crippen molar-refractivity contribution in [2.45, 2.75) is 30.3 Å². The Kier molecular flexibility index (Phi) is 5.32. The number of sulfonamides is 1. The molecule has 1 saturated carbocycles. The van der Waals surface area contributed by atoms with Crippen molar-refractivity contribution in [2.75, 3.05) is 7.05 Å². The lowest BCUT2D eigenvalue weighted by molar-refractivity contribution is 0.0963. The fourth-order valence-electron chi connectivity index (χ4n) is 2.63.